The highest BCUT2D eigenvalue weighted by molar-refractivity contribution is 5.30. The monoisotopic (exact) mass is 219 g/mol. The largest absolute Gasteiger partial charge is 0.389 e. The number of benzene rings is 1. The average molecular weight is 219 g/mol. The number of hydrogen-bond acceptors (Lipinski definition) is 2. The lowest BCUT2D eigenvalue weighted by molar-refractivity contribution is -0.0199. The number of aliphatic hydroxyl groups is 1. The van der Waals surface area contributed by atoms with Crippen molar-refractivity contribution in [3.8, 4) is 0 Å². The van der Waals surface area contributed by atoms with E-state index in [0.717, 1.165) is 19.6 Å². The van der Waals surface area contributed by atoms with Crippen LogP contribution >= 0.6 is 0 Å². The van der Waals surface area contributed by atoms with Gasteiger partial charge in [-0.15, -0.1) is 0 Å². The van der Waals surface area contributed by atoms with Gasteiger partial charge in [0.1, 0.15) is 0 Å². The standard InChI is InChI=1S/C14H21NO/c1-11(2)14(3,16)10-15-8-12-6-4-5-7-13(12)9-15/h4-7,11,16H,8-10H2,1-3H3. The van der Waals surface area contributed by atoms with Gasteiger partial charge in [-0.05, 0) is 24.0 Å². The Labute approximate surface area is 97.9 Å². The molecule has 0 aromatic heterocycles. The molecule has 1 aliphatic rings. The van der Waals surface area contributed by atoms with Crippen molar-refractivity contribution in [1.82, 2.24) is 4.90 Å². The van der Waals surface area contributed by atoms with E-state index >= 15 is 0 Å². The molecule has 2 nitrogen and oxygen atoms in total. The maximum absolute atomic E-state index is 10.3. The molecule has 1 unspecified atom stereocenters. The van der Waals surface area contributed by atoms with Crippen molar-refractivity contribution in [2.45, 2.75) is 39.5 Å². The summed E-state index contributed by atoms with van der Waals surface area (Å²) >= 11 is 0. The second-order valence-corrected chi connectivity index (χ2v) is 5.43. The Hall–Kier alpha value is -0.860. The Kier molecular flexibility index (Phi) is 3.04. The second kappa shape index (κ2) is 4.19. The molecule has 1 aromatic carbocycles. The van der Waals surface area contributed by atoms with Gasteiger partial charge in [-0.1, -0.05) is 38.1 Å². The number of nitrogens with zero attached hydrogens (tertiary/aromatic N) is 1. The van der Waals surface area contributed by atoms with Gasteiger partial charge in [0, 0.05) is 19.6 Å². The van der Waals surface area contributed by atoms with Crippen LogP contribution in [0.5, 0.6) is 0 Å². The summed E-state index contributed by atoms with van der Waals surface area (Å²) in [5.74, 6) is 0.288. The minimum atomic E-state index is -0.595. The van der Waals surface area contributed by atoms with Crippen molar-refractivity contribution in [3.63, 3.8) is 0 Å². The smallest absolute Gasteiger partial charge is 0.0769 e. The van der Waals surface area contributed by atoms with Gasteiger partial charge in [0.2, 0.25) is 0 Å². The molecule has 1 heterocycles. The van der Waals surface area contributed by atoms with Crippen molar-refractivity contribution >= 4 is 0 Å². The zero-order valence-corrected chi connectivity index (χ0v) is 10.4. The minimum Gasteiger partial charge on any atom is -0.389 e. The van der Waals surface area contributed by atoms with Crippen molar-refractivity contribution < 1.29 is 5.11 Å². The summed E-state index contributed by atoms with van der Waals surface area (Å²) in [6.45, 7) is 8.77. The molecule has 0 bridgehead atoms. The van der Waals surface area contributed by atoms with E-state index in [1.807, 2.05) is 6.92 Å². The molecule has 1 atom stereocenters. The first kappa shape index (κ1) is 11.6. The van der Waals surface area contributed by atoms with Gasteiger partial charge >= 0.3 is 0 Å². The molecule has 0 fully saturated rings. The van der Waals surface area contributed by atoms with Crippen LogP contribution in [0.25, 0.3) is 0 Å². The third kappa shape index (κ3) is 2.28. The SMILES string of the molecule is CC(C)C(C)(O)CN1Cc2ccccc2C1. The zero-order valence-electron chi connectivity index (χ0n) is 10.4. The molecule has 0 saturated carbocycles. The van der Waals surface area contributed by atoms with E-state index < -0.39 is 5.60 Å². The normalized spacial score (nSPS) is 19.8. The Morgan fingerprint density at radius 2 is 1.75 bits per heavy atom. The van der Waals surface area contributed by atoms with Crippen LogP contribution < -0.4 is 0 Å². The number of β-amino-alcohol motifs (C(OH)–C–C–N with tert-alkyl or cyclic N) is 1. The Bertz CT molecular complexity index is 346. The first-order chi connectivity index (χ1) is 7.49. The van der Waals surface area contributed by atoms with E-state index in [4.69, 9.17) is 0 Å². The van der Waals surface area contributed by atoms with Gasteiger partial charge in [-0.3, -0.25) is 4.90 Å². The maximum Gasteiger partial charge on any atom is 0.0769 e. The van der Waals surface area contributed by atoms with Crippen LogP contribution in [0.4, 0.5) is 0 Å². The lowest BCUT2D eigenvalue weighted by atomic mass is 9.92. The summed E-state index contributed by atoms with van der Waals surface area (Å²) in [7, 11) is 0. The molecule has 88 valence electrons. The molecule has 1 aliphatic heterocycles. The Morgan fingerprint density at radius 1 is 1.25 bits per heavy atom. The highest BCUT2D eigenvalue weighted by atomic mass is 16.3. The predicted octanol–water partition coefficient (Wildman–Crippen LogP) is 2.41. The molecule has 0 aliphatic carbocycles. The first-order valence-electron chi connectivity index (χ1n) is 6.00. The maximum atomic E-state index is 10.3. The van der Waals surface area contributed by atoms with E-state index in [1.165, 1.54) is 11.1 Å². The average Bonchev–Trinajstić information content (AvgIpc) is 2.58. The third-order valence-electron chi connectivity index (χ3n) is 3.69. The lowest BCUT2D eigenvalue weighted by Gasteiger charge is -2.32. The molecule has 0 amide bonds. The number of fused-ring (bicyclic) bond motifs is 1. The van der Waals surface area contributed by atoms with Crippen molar-refractivity contribution in [1.29, 1.82) is 0 Å². The second-order valence-electron chi connectivity index (χ2n) is 5.43. The number of rotatable bonds is 3. The van der Waals surface area contributed by atoms with Crippen LogP contribution in [-0.2, 0) is 13.1 Å². The van der Waals surface area contributed by atoms with Crippen LogP contribution in [0, 0.1) is 5.92 Å². The van der Waals surface area contributed by atoms with E-state index in [-0.39, 0.29) is 5.92 Å². The highest BCUT2D eigenvalue weighted by Gasteiger charge is 2.30. The summed E-state index contributed by atoms with van der Waals surface area (Å²) in [6.07, 6.45) is 0. The molecule has 2 rings (SSSR count). The summed E-state index contributed by atoms with van der Waals surface area (Å²) in [5, 5.41) is 10.3. The van der Waals surface area contributed by atoms with E-state index in [1.54, 1.807) is 0 Å². The van der Waals surface area contributed by atoms with Crippen LogP contribution in [0.3, 0.4) is 0 Å². The summed E-state index contributed by atoms with van der Waals surface area (Å²) in [6, 6.07) is 8.53. The minimum absolute atomic E-state index is 0.288. The van der Waals surface area contributed by atoms with Crippen molar-refractivity contribution in [2.24, 2.45) is 5.92 Å². The lowest BCUT2D eigenvalue weighted by Crippen LogP contribution is -2.42. The molecule has 1 aromatic rings. The van der Waals surface area contributed by atoms with Gasteiger partial charge in [0.05, 0.1) is 5.60 Å². The van der Waals surface area contributed by atoms with Gasteiger partial charge in [-0.2, -0.15) is 0 Å². The van der Waals surface area contributed by atoms with Crippen molar-refractivity contribution in [2.75, 3.05) is 6.54 Å². The van der Waals surface area contributed by atoms with Crippen LogP contribution in [0.15, 0.2) is 24.3 Å². The van der Waals surface area contributed by atoms with E-state index in [0.29, 0.717) is 0 Å². The van der Waals surface area contributed by atoms with Gasteiger partial charge in [0.15, 0.2) is 0 Å². The highest BCUT2D eigenvalue weighted by Crippen LogP contribution is 2.26. The molecule has 16 heavy (non-hydrogen) atoms. The topological polar surface area (TPSA) is 23.5 Å². The Morgan fingerprint density at radius 3 is 2.19 bits per heavy atom. The first-order valence-corrected chi connectivity index (χ1v) is 6.00. The fraction of sp³-hybridized carbons (Fsp3) is 0.571. The van der Waals surface area contributed by atoms with Gasteiger partial charge in [0.25, 0.3) is 0 Å². The zero-order chi connectivity index (χ0) is 11.8. The molecule has 0 radical (unpaired) electrons. The summed E-state index contributed by atoms with van der Waals surface area (Å²) in [5.41, 5.74) is 2.21. The summed E-state index contributed by atoms with van der Waals surface area (Å²) in [4.78, 5) is 2.32. The molecule has 0 spiro atoms. The molecule has 0 saturated heterocycles. The van der Waals surface area contributed by atoms with Gasteiger partial charge < -0.3 is 5.11 Å². The molecular weight excluding hydrogens is 198 g/mol. The van der Waals surface area contributed by atoms with Crippen LogP contribution in [-0.4, -0.2) is 22.2 Å². The van der Waals surface area contributed by atoms with E-state index in [2.05, 4.69) is 43.0 Å². The van der Waals surface area contributed by atoms with Crippen molar-refractivity contribution in [3.05, 3.63) is 35.4 Å². The van der Waals surface area contributed by atoms with Crippen LogP contribution in [0.1, 0.15) is 31.9 Å². The van der Waals surface area contributed by atoms with E-state index in [9.17, 15) is 5.11 Å². The van der Waals surface area contributed by atoms with Gasteiger partial charge in [-0.25, -0.2) is 0 Å². The Balaban J connectivity index is 2.02. The predicted molar refractivity (Wildman–Crippen MR) is 66.0 cm³/mol. The fourth-order valence-electron chi connectivity index (χ4n) is 2.15. The third-order valence-corrected chi connectivity index (χ3v) is 3.69. The summed E-state index contributed by atoms with van der Waals surface area (Å²) < 4.78 is 0. The number of hydrogen-bond donors (Lipinski definition) is 1. The quantitative estimate of drug-likeness (QED) is 0.844. The fourth-order valence-corrected chi connectivity index (χ4v) is 2.15. The molecule has 2 heteroatoms. The molecular formula is C14H21NO. The molecule has 1 N–H and O–H groups in total. The van der Waals surface area contributed by atoms with Crippen LogP contribution in [0.2, 0.25) is 0 Å².